The Morgan fingerprint density at radius 3 is 1.31 bits per heavy atom. The zero-order valence-corrected chi connectivity index (χ0v) is 21.6. The van der Waals surface area contributed by atoms with Gasteiger partial charge in [-0.25, -0.2) is 0 Å². The molecule has 0 bridgehead atoms. The Balaban J connectivity index is 0.00000342. The molecule has 0 aromatic heterocycles. The average Bonchev–Trinajstić information content (AvgIpc) is 2.89. The number of methoxy groups -OCH3 is 2. The van der Waals surface area contributed by atoms with Gasteiger partial charge in [-0.3, -0.25) is 0 Å². The fourth-order valence-corrected chi connectivity index (χ4v) is 4.63. The second-order valence-corrected chi connectivity index (χ2v) is 8.71. The van der Waals surface area contributed by atoms with Crippen LogP contribution in [-0.4, -0.2) is 27.3 Å². The van der Waals surface area contributed by atoms with E-state index >= 15 is 0 Å². The molecule has 0 spiro atoms. The molecule has 0 aliphatic carbocycles. The Morgan fingerprint density at radius 2 is 0.914 bits per heavy atom. The second-order valence-electron chi connectivity index (χ2n) is 8.71. The monoisotopic (exact) mass is 492 g/mol. The Morgan fingerprint density at radius 1 is 0.514 bits per heavy atom. The summed E-state index contributed by atoms with van der Waals surface area (Å²) in [6.45, 7) is 3.88. The van der Waals surface area contributed by atoms with Crippen molar-refractivity contribution in [1.29, 1.82) is 0 Å². The van der Waals surface area contributed by atoms with E-state index in [1.165, 1.54) is 58.4 Å². The highest BCUT2D eigenvalue weighted by molar-refractivity contribution is 5.91. The Hall–Kier alpha value is -2.79. The lowest BCUT2D eigenvalue weighted by atomic mass is 10.0. The molecule has 0 saturated heterocycles. The normalized spacial score (nSPS) is 10.9. The van der Waals surface area contributed by atoms with Crippen molar-refractivity contribution in [3.05, 3.63) is 83.9 Å². The summed E-state index contributed by atoms with van der Waals surface area (Å²) in [5.41, 5.74) is 2.65. The van der Waals surface area contributed by atoms with Gasteiger partial charge in [0.15, 0.2) is 0 Å². The van der Waals surface area contributed by atoms with E-state index in [9.17, 15) is 0 Å². The fourth-order valence-electron chi connectivity index (χ4n) is 4.63. The number of unbranched alkanes of at least 4 members (excludes halogenated alkanes) is 3. The van der Waals surface area contributed by atoms with Crippen LogP contribution in [0.1, 0.15) is 36.8 Å². The molecule has 5 heteroatoms. The fraction of sp³-hybridized carbons (Fsp3) is 0.333. The van der Waals surface area contributed by atoms with Crippen molar-refractivity contribution in [1.82, 2.24) is 10.6 Å². The number of halogens is 1. The summed E-state index contributed by atoms with van der Waals surface area (Å²) in [6.07, 6.45) is 4.92. The second kappa shape index (κ2) is 13.9. The lowest BCUT2D eigenvalue weighted by Gasteiger charge is -2.12. The van der Waals surface area contributed by atoms with Crippen LogP contribution in [-0.2, 0) is 13.1 Å². The summed E-state index contributed by atoms with van der Waals surface area (Å²) < 4.78 is 11.0. The van der Waals surface area contributed by atoms with Crippen molar-refractivity contribution >= 4 is 34.0 Å². The largest absolute Gasteiger partial charge is 0.496 e. The molecule has 0 unspecified atom stereocenters. The van der Waals surface area contributed by atoms with Gasteiger partial charge in [0.1, 0.15) is 11.5 Å². The average molecular weight is 493 g/mol. The third kappa shape index (κ3) is 6.88. The first kappa shape index (κ1) is 26.8. The van der Waals surface area contributed by atoms with Gasteiger partial charge in [0.2, 0.25) is 0 Å². The SMILES string of the molecule is COc1ccc(CNCCCCCCNCc2ccc(OC)c3ccccc23)c2ccccc12.Cl. The van der Waals surface area contributed by atoms with Gasteiger partial charge in [-0.05, 0) is 60.0 Å². The minimum absolute atomic E-state index is 0. The molecule has 4 aromatic carbocycles. The summed E-state index contributed by atoms with van der Waals surface area (Å²) in [6, 6.07) is 25.4. The lowest BCUT2D eigenvalue weighted by Crippen LogP contribution is -2.16. The summed E-state index contributed by atoms with van der Waals surface area (Å²) in [5.74, 6) is 1.88. The van der Waals surface area contributed by atoms with Crippen LogP contribution in [0, 0.1) is 0 Å². The van der Waals surface area contributed by atoms with E-state index in [0.717, 1.165) is 37.7 Å². The third-order valence-corrected chi connectivity index (χ3v) is 6.48. The Labute approximate surface area is 215 Å². The standard InChI is InChI=1S/C30H36N2O2.ClH/c1-33-29-17-15-23(25-11-5-7-13-27(25)29)21-31-19-9-3-4-10-20-32-22-24-16-18-30(34-2)28-14-8-6-12-26(24)28;/h5-8,11-18,31-32H,3-4,9-10,19-22H2,1-2H3;1H. The van der Waals surface area contributed by atoms with Gasteiger partial charge in [-0.2, -0.15) is 0 Å². The number of ether oxygens (including phenoxy) is 2. The maximum atomic E-state index is 5.50. The summed E-state index contributed by atoms with van der Waals surface area (Å²) in [7, 11) is 3.46. The van der Waals surface area contributed by atoms with E-state index in [0.29, 0.717) is 0 Å². The minimum Gasteiger partial charge on any atom is -0.496 e. The van der Waals surface area contributed by atoms with E-state index in [-0.39, 0.29) is 12.4 Å². The molecule has 0 saturated carbocycles. The molecule has 2 N–H and O–H groups in total. The maximum Gasteiger partial charge on any atom is 0.126 e. The number of benzene rings is 4. The molecule has 0 amide bonds. The lowest BCUT2D eigenvalue weighted by molar-refractivity contribution is 0.419. The zero-order valence-electron chi connectivity index (χ0n) is 20.8. The predicted molar refractivity (Wildman–Crippen MR) is 150 cm³/mol. The first-order valence-electron chi connectivity index (χ1n) is 12.3. The summed E-state index contributed by atoms with van der Waals surface area (Å²) in [4.78, 5) is 0. The molecule has 4 aromatic rings. The molecule has 4 nitrogen and oxygen atoms in total. The van der Waals surface area contributed by atoms with E-state index in [1.54, 1.807) is 14.2 Å². The van der Waals surface area contributed by atoms with E-state index in [2.05, 4.69) is 83.4 Å². The van der Waals surface area contributed by atoms with Gasteiger partial charge in [-0.15, -0.1) is 12.4 Å². The zero-order chi connectivity index (χ0) is 23.6. The predicted octanol–water partition coefficient (Wildman–Crippen LogP) is 6.87. The van der Waals surface area contributed by atoms with Crippen LogP contribution in [0.3, 0.4) is 0 Å². The molecule has 0 atom stereocenters. The van der Waals surface area contributed by atoms with Gasteiger partial charge in [0.25, 0.3) is 0 Å². The van der Waals surface area contributed by atoms with Crippen LogP contribution < -0.4 is 20.1 Å². The maximum absolute atomic E-state index is 5.50. The number of hydrogen-bond acceptors (Lipinski definition) is 4. The van der Waals surface area contributed by atoms with Gasteiger partial charge in [-0.1, -0.05) is 73.5 Å². The van der Waals surface area contributed by atoms with Gasteiger partial charge >= 0.3 is 0 Å². The Bertz CT molecular complexity index is 1120. The van der Waals surface area contributed by atoms with Crippen LogP contribution in [0.15, 0.2) is 72.8 Å². The number of fused-ring (bicyclic) bond motifs is 2. The smallest absolute Gasteiger partial charge is 0.126 e. The van der Waals surface area contributed by atoms with Crippen molar-refractivity contribution in [3.8, 4) is 11.5 Å². The van der Waals surface area contributed by atoms with Gasteiger partial charge in [0, 0.05) is 23.9 Å². The highest BCUT2D eigenvalue weighted by atomic mass is 35.5. The molecule has 0 radical (unpaired) electrons. The summed E-state index contributed by atoms with van der Waals surface area (Å²) >= 11 is 0. The molecule has 35 heavy (non-hydrogen) atoms. The highest BCUT2D eigenvalue weighted by Gasteiger charge is 2.06. The van der Waals surface area contributed by atoms with Crippen molar-refractivity contribution in [2.45, 2.75) is 38.8 Å². The van der Waals surface area contributed by atoms with Crippen molar-refractivity contribution in [3.63, 3.8) is 0 Å². The molecule has 4 rings (SSSR count). The number of rotatable bonds is 13. The number of hydrogen-bond donors (Lipinski definition) is 2. The van der Waals surface area contributed by atoms with Crippen LogP contribution in [0.25, 0.3) is 21.5 Å². The van der Waals surface area contributed by atoms with E-state index in [4.69, 9.17) is 9.47 Å². The van der Waals surface area contributed by atoms with Crippen LogP contribution in [0.2, 0.25) is 0 Å². The first-order valence-corrected chi connectivity index (χ1v) is 12.3. The molecule has 0 heterocycles. The van der Waals surface area contributed by atoms with Crippen molar-refractivity contribution in [2.24, 2.45) is 0 Å². The van der Waals surface area contributed by atoms with E-state index in [1.807, 2.05) is 0 Å². The van der Waals surface area contributed by atoms with Crippen molar-refractivity contribution < 1.29 is 9.47 Å². The van der Waals surface area contributed by atoms with Gasteiger partial charge in [0.05, 0.1) is 14.2 Å². The third-order valence-electron chi connectivity index (χ3n) is 6.48. The quantitative estimate of drug-likeness (QED) is 0.200. The molecule has 0 fully saturated rings. The van der Waals surface area contributed by atoms with Crippen LogP contribution in [0.5, 0.6) is 11.5 Å². The molecule has 0 aliphatic rings. The Kier molecular flexibility index (Phi) is 10.7. The molecule has 0 aliphatic heterocycles. The number of nitrogens with one attached hydrogen (secondary N) is 2. The molecular weight excluding hydrogens is 456 g/mol. The van der Waals surface area contributed by atoms with Crippen LogP contribution in [0.4, 0.5) is 0 Å². The molecule has 186 valence electrons. The minimum atomic E-state index is 0. The van der Waals surface area contributed by atoms with Crippen molar-refractivity contribution in [2.75, 3.05) is 27.3 Å². The van der Waals surface area contributed by atoms with Crippen LogP contribution >= 0.6 is 12.4 Å². The highest BCUT2D eigenvalue weighted by Crippen LogP contribution is 2.29. The van der Waals surface area contributed by atoms with E-state index < -0.39 is 0 Å². The summed E-state index contributed by atoms with van der Waals surface area (Å²) in [5, 5.41) is 12.1. The topological polar surface area (TPSA) is 42.5 Å². The van der Waals surface area contributed by atoms with Gasteiger partial charge < -0.3 is 20.1 Å². The molecular formula is C30H37ClN2O2. The first-order chi connectivity index (χ1) is 16.8.